The molecule has 1 aromatic heterocycles. The predicted octanol–water partition coefficient (Wildman–Crippen LogP) is 3.98. The van der Waals surface area contributed by atoms with Crippen LogP contribution in [0.3, 0.4) is 0 Å². The zero-order chi connectivity index (χ0) is 28.2. The number of hydrogen-bond donors (Lipinski definition) is 1. The third-order valence-corrected chi connectivity index (χ3v) is 8.77. The second kappa shape index (κ2) is 10.4. The number of carbonyl (C=O) groups excluding carboxylic acids is 3. The highest BCUT2D eigenvalue weighted by molar-refractivity contribution is 6.31. The molecule has 0 bridgehead atoms. The predicted molar refractivity (Wildman–Crippen MR) is 151 cm³/mol. The number of fused-ring (bicyclic) bond motifs is 2. The van der Waals surface area contributed by atoms with Gasteiger partial charge in [-0.1, -0.05) is 11.6 Å². The van der Waals surface area contributed by atoms with Crippen LogP contribution >= 0.6 is 11.6 Å². The molecule has 11 heteroatoms. The number of benzene rings is 1. The summed E-state index contributed by atoms with van der Waals surface area (Å²) in [5.41, 5.74) is 1.86. The van der Waals surface area contributed by atoms with E-state index < -0.39 is 5.60 Å². The van der Waals surface area contributed by atoms with Crippen molar-refractivity contribution in [1.82, 2.24) is 24.6 Å². The Balaban J connectivity index is 1.11. The number of piperidine rings is 2. The third kappa shape index (κ3) is 5.35. The Kier molecular flexibility index (Phi) is 7.11. The van der Waals surface area contributed by atoms with Crippen LogP contribution in [0, 0.1) is 0 Å². The molecular weight excluding hydrogens is 534 g/mol. The quantitative estimate of drug-likeness (QED) is 0.588. The lowest BCUT2D eigenvalue weighted by Crippen LogP contribution is -2.62. The van der Waals surface area contributed by atoms with Crippen LogP contribution in [0.25, 0.3) is 10.9 Å². The molecule has 5 heterocycles. The van der Waals surface area contributed by atoms with E-state index in [-0.39, 0.29) is 42.8 Å². The number of ether oxygens (including phenoxy) is 2. The number of urea groups is 1. The second-order valence-corrected chi connectivity index (χ2v) is 12.9. The van der Waals surface area contributed by atoms with E-state index in [0.29, 0.717) is 50.2 Å². The minimum Gasteiger partial charge on any atom is -0.444 e. The van der Waals surface area contributed by atoms with Crippen molar-refractivity contribution in [2.24, 2.45) is 0 Å². The molecular formula is C29H38ClN5O5. The van der Waals surface area contributed by atoms with Crippen LogP contribution in [-0.4, -0.2) is 101 Å². The van der Waals surface area contributed by atoms with Crippen molar-refractivity contribution in [3.63, 3.8) is 0 Å². The zero-order valence-corrected chi connectivity index (χ0v) is 24.2. The summed E-state index contributed by atoms with van der Waals surface area (Å²) in [5, 5.41) is 4.82. The summed E-state index contributed by atoms with van der Waals surface area (Å²) in [6.07, 6.45) is 4.42. The number of amides is 4. The Bertz CT molecular complexity index is 1310. The molecule has 216 valence electrons. The fourth-order valence-corrected chi connectivity index (χ4v) is 6.62. The maximum Gasteiger partial charge on any atom is 0.410 e. The highest BCUT2D eigenvalue weighted by Crippen LogP contribution is 2.39. The van der Waals surface area contributed by atoms with Gasteiger partial charge in [-0.2, -0.15) is 0 Å². The number of aromatic nitrogens is 1. The number of halogens is 1. The van der Waals surface area contributed by atoms with Crippen molar-refractivity contribution in [2.45, 2.75) is 69.7 Å². The van der Waals surface area contributed by atoms with Gasteiger partial charge in [0.05, 0.1) is 18.2 Å². The van der Waals surface area contributed by atoms with Crippen molar-refractivity contribution in [2.75, 3.05) is 45.9 Å². The summed E-state index contributed by atoms with van der Waals surface area (Å²) in [5.74, 6) is 0.195. The van der Waals surface area contributed by atoms with Crippen LogP contribution < -0.4 is 5.32 Å². The first-order valence-corrected chi connectivity index (χ1v) is 14.7. The summed E-state index contributed by atoms with van der Waals surface area (Å²) < 4.78 is 13.5. The smallest absolute Gasteiger partial charge is 0.410 e. The molecule has 0 unspecified atom stereocenters. The molecule has 4 saturated heterocycles. The third-order valence-electron chi connectivity index (χ3n) is 8.53. The van der Waals surface area contributed by atoms with Crippen molar-refractivity contribution < 1.29 is 23.9 Å². The number of hydrogen-bond acceptors (Lipinski definition) is 5. The van der Waals surface area contributed by atoms with Crippen molar-refractivity contribution in [3.8, 4) is 0 Å². The van der Waals surface area contributed by atoms with Crippen LogP contribution in [0.15, 0.2) is 24.4 Å². The molecule has 0 spiro atoms. The number of morpholine rings is 1. The minimum atomic E-state index is -0.515. The minimum absolute atomic E-state index is 0.0106. The molecule has 10 nitrogen and oxygen atoms in total. The fraction of sp³-hybridized carbons (Fsp3) is 0.621. The summed E-state index contributed by atoms with van der Waals surface area (Å²) in [7, 11) is 0. The van der Waals surface area contributed by atoms with Crippen LogP contribution in [0.2, 0.25) is 5.02 Å². The van der Waals surface area contributed by atoms with Gasteiger partial charge >= 0.3 is 12.1 Å². The molecule has 0 saturated carbocycles. The first-order chi connectivity index (χ1) is 19.1. The normalized spacial score (nSPS) is 24.5. The van der Waals surface area contributed by atoms with Gasteiger partial charge in [0.1, 0.15) is 12.2 Å². The molecule has 2 atom stereocenters. The van der Waals surface area contributed by atoms with Gasteiger partial charge in [0.15, 0.2) is 0 Å². The van der Waals surface area contributed by atoms with Crippen molar-refractivity contribution in [3.05, 3.63) is 35.0 Å². The van der Waals surface area contributed by atoms with E-state index in [4.69, 9.17) is 21.1 Å². The Labute approximate surface area is 239 Å². The summed E-state index contributed by atoms with van der Waals surface area (Å²) in [6.45, 7) is 9.45. The van der Waals surface area contributed by atoms with E-state index >= 15 is 0 Å². The molecule has 4 amide bonds. The van der Waals surface area contributed by atoms with Crippen molar-refractivity contribution in [1.29, 1.82) is 0 Å². The summed E-state index contributed by atoms with van der Waals surface area (Å²) in [6, 6.07) is 6.10. The standard InChI is InChI=1S/C29H38ClN5O5/c1-29(2,3)40-28(38)34-13-20(14-34)35-15-22(21-12-19(30)4-5-24(21)35)18-6-9-32(10-7-18)27(37)33-11-8-25-23(16-33)31-26(36)17-39-25/h4-5,12,15,18,20,23,25H,6-11,13-14,16-17H2,1-3H3,(H,31,36)/t23-,25+/m1/s1. The maximum absolute atomic E-state index is 13.4. The summed E-state index contributed by atoms with van der Waals surface area (Å²) >= 11 is 6.43. The van der Waals surface area contributed by atoms with Crippen LogP contribution in [-0.2, 0) is 14.3 Å². The van der Waals surface area contributed by atoms with Gasteiger partial charge in [-0.15, -0.1) is 0 Å². The van der Waals surface area contributed by atoms with E-state index in [0.717, 1.165) is 30.2 Å². The fourth-order valence-electron chi connectivity index (χ4n) is 6.44. The Morgan fingerprint density at radius 1 is 1.02 bits per heavy atom. The highest BCUT2D eigenvalue weighted by atomic mass is 35.5. The Morgan fingerprint density at radius 2 is 1.75 bits per heavy atom. The van der Waals surface area contributed by atoms with Crippen LogP contribution in [0.1, 0.15) is 57.6 Å². The van der Waals surface area contributed by atoms with Gasteiger partial charge in [-0.05, 0) is 69.7 Å². The molecule has 4 fully saturated rings. The number of likely N-dealkylation sites (tertiary alicyclic amines) is 3. The number of nitrogens with zero attached hydrogens (tertiary/aromatic N) is 4. The van der Waals surface area contributed by atoms with Gasteiger partial charge in [0.2, 0.25) is 5.91 Å². The van der Waals surface area contributed by atoms with Gasteiger partial charge in [-0.25, -0.2) is 9.59 Å². The first kappa shape index (κ1) is 27.2. The molecule has 2 aromatic rings. The number of carbonyl (C=O) groups is 3. The average Bonchev–Trinajstić information content (AvgIpc) is 3.24. The first-order valence-electron chi connectivity index (χ1n) is 14.3. The molecule has 1 aromatic carbocycles. The van der Waals surface area contributed by atoms with Gasteiger partial charge < -0.3 is 34.1 Å². The molecule has 4 aliphatic rings. The average molecular weight is 572 g/mol. The highest BCUT2D eigenvalue weighted by Gasteiger charge is 2.39. The monoisotopic (exact) mass is 571 g/mol. The summed E-state index contributed by atoms with van der Waals surface area (Å²) in [4.78, 5) is 43.1. The molecule has 4 aliphatic heterocycles. The second-order valence-electron chi connectivity index (χ2n) is 12.5. The van der Waals surface area contributed by atoms with Gasteiger partial charge in [0, 0.05) is 61.4 Å². The molecule has 0 aliphatic carbocycles. The largest absolute Gasteiger partial charge is 0.444 e. The van der Waals surface area contributed by atoms with E-state index in [1.807, 2.05) is 42.7 Å². The number of rotatable bonds is 2. The van der Waals surface area contributed by atoms with Crippen LogP contribution in [0.4, 0.5) is 9.59 Å². The molecule has 6 rings (SSSR count). The van der Waals surface area contributed by atoms with E-state index in [1.54, 1.807) is 4.90 Å². The lowest BCUT2D eigenvalue weighted by molar-refractivity contribution is -0.139. The van der Waals surface area contributed by atoms with E-state index in [9.17, 15) is 14.4 Å². The molecule has 1 N–H and O–H groups in total. The SMILES string of the molecule is CC(C)(C)OC(=O)N1CC(n2cc(C3CCN(C(=O)N4CC[C@@H]5OCC(=O)N[C@@H]5C4)CC3)c3cc(Cl)ccc32)C1. The topological polar surface area (TPSA) is 96.3 Å². The molecule has 40 heavy (non-hydrogen) atoms. The van der Waals surface area contributed by atoms with Gasteiger partial charge in [0.25, 0.3) is 0 Å². The van der Waals surface area contributed by atoms with Crippen molar-refractivity contribution >= 4 is 40.5 Å². The lowest BCUT2D eigenvalue weighted by Gasteiger charge is -2.43. The van der Waals surface area contributed by atoms with E-state index in [2.05, 4.69) is 22.1 Å². The van der Waals surface area contributed by atoms with E-state index in [1.165, 1.54) is 5.56 Å². The maximum atomic E-state index is 13.4. The van der Waals surface area contributed by atoms with Crippen LogP contribution in [0.5, 0.6) is 0 Å². The number of nitrogens with one attached hydrogen (secondary N) is 1. The molecule has 0 radical (unpaired) electrons. The Morgan fingerprint density at radius 3 is 2.48 bits per heavy atom. The Hall–Kier alpha value is -2.98. The lowest BCUT2D eigenvalue weighted by atomic mass is 9.89. The zero-order valence-electron chi connectivity index (χ0n) is 23.4. The van der Waals surface area contributed by atoms with Gasteiger partial charge in [-0.3, -0.25) is 4.79 Å².